The number of benzene rings is 1. The number of nitrogens with two attached hydrogens (primary N) is 3. The molecule has 4 rings (SSSR count). The van der Waals surface area contributed by atoms with Gasteiger partial charge in [0.15, 0.2) is 10.8 Å². The van der Waals surface area contributed by atoms with Crippen LogP contribution in [0.4, 0.5) is 5.13 Å². The summed E-state index contributed by atoms with van der Waals surface area (Å²) in [5.41, 5.74) is 17.4. The zero-order valence-corrected chi connectivity index (χ0v) is 28.9. The lowest BCUT2D eigenvalue weighted by atomic mass is 9.84. The average Bonchev–Trinajstić information content (AvgIpc) is 3.63. The van der Waals surface area contributed by atoms with Gasteiger partial charge in [0.25, 0.3) is 17.9 Å². The maximum absolute atomic E-state index is 13.3. The number of nitrogens with zero attached hydrogens (tertiary/aromatic N) is 6. The molecule has 2 atom stereocenters. The monoisotopic (exact) mass is 738 g/mol. The van der Waals surface area contributed by atoms with Crippen LogP contribution in [-0.2, 0) is 47.5 Å². The Morgan fingerprint density at radius 2 is 1.90 bits per heavy atom. The fourth-order valence-electron chi connectivity index (χ4n) is 4.83. The molecule has 2 amide bonds. The third-order valence-corrected chi connectivity index (χ3v) is 8.39. The highest BCUT2D eigenvalue weighted by Crippen LogP contribution is 2.33. The number of aliphatic carboxylic acids is 1. The van der Waals surface area contributed by atoms with Crippen molar-refractivity contribution < 1.29 is 46.3 Å². The van der Waals surface area contributed by atoms with E-state index in [9.17, 15) is 27.9 Å². The van der Waals surface area contributed by atoms with Crippen LogP contribution < -0.4 is 32.9 Å². The van der Waals surface area contributed by atoms with E-state index >= 15 is 0 Å². The molecule has 9 N–H and O–H groups in total. The van der Waals surface area contributed by atoms with Crippen LogP contribution in [0.25, 0.3) is 11.3 Å². The number of hydrogen-bond acceptors (Lipinski definition) is 15. The predicted molar refractivity (Wildman–Crippen MR) is 179 cm³/mol. The molecule has 3 aromatic rings. The number of aryl methyl sites for hydroxylation is 1. The number of imidazole rings is 1. The molecule has 1 aliphatic heterocycles. The number of carboxylic acid groups (broad SMARTS) is 1. The van der Waals surface area contributed by atoms with Crippen molar-refractivity contribution in [2.75, 3.05) is 32.0 Å². The van der Waals surface area contributed by atoms with Crippen LogP contribution in [-0.4, -0.2) is 105 Å². The van der Waals surface area contributed by atoms with Gasteiger partial charge in [0.2, 0.25) is 5.62 Å². The largest absolute Gasteiger partial charge is 0.489 e. The molecule has 0 spiro atoms. The van der Waals surface area contributed by atoms with Gasteiger partial charge in [-0.05, 0) is 56.6 Å². The van der Waals surface area contributed by atoms with E-state index in [2.05, 4.69) is 24.7 Å². The van der Waals surface area contributed by atoms with Gasteiger partial charge in [0.05, 0.1) is 17.8 Å². The molecule has 1 fully saturated rings. The third kappa shape index (κ3) is 8.83. The Morgan fingerprint density at radius 1 is 1.20 bits per heavy atom. The molecule has 1 aliphatic rings. The molecule has 3 heterocycles. The number of nitrogens with one attached hydrogen (secondary N) is 1. The van der Waals surface area contributed by atoms with Crippen LogP contribution in [0.1, 0.15) is 26.0 Å². The summed E-state index contributed by atoms with van der Waals surface area (Å²) in [7, 11) is -3.14. The zero-order valence-electron chi connectivity index (χ0n) is 27.3. The van der Waals surface area contributed by atoms with Gasteiger partial charge in [-0.15, -0.1) is 15.6 Å². The lowest BCUT2D eigenvalue weighted by Gasteiger charge is -2.50. The number of ether oxygens (including phenoxy) is 1. The van der Waals surface area contributed by atoms with Crippen LogP contribution in [0.15, 0.2) is 46.0 Å². The Labute approximate surface area is 290 Å². The molecule has 2 unspecified atom stereocenters. The van der Waals surface area contributed by atoms with E-state index in [0.29, 0.717) is 37.0 Å². The first-order valence-electron chi connectivity index (χ1n) is 15.0. The first kappa shape index (κ1) is 37.9. The summed E-state index contributed by atoms with van der Waals surface area (Å²) in [6.45, 7) is 4.26. The Bertz CT molecular complexity index is 1920. The highest BCUT2D eigenvalue weighted by Gasteiger charge is 2.58. The van der Waals surface area contributed by atoms with E-state index in [1.807, 2.05) is 22.4 Å². The molecule has 1 aromatic carbocycles. The number of hydrogen-bond donors (Lipinski definition) is 6. The predicted octanol–water partition coefficient (Wildman–Crippen LogP) is -1.17. The number of anilines is 1. The normalized spacial score (nSPS) is 17.0. The molecule has 20 nitrogen and oxygen atoms in total. The molecule has 272 valence electrons. The summed E-state index contributed by atoms with van der Waals surface area (Å²) in [6, 6.07) is 5.54. The van der Waals surface area contributed by atoms with Crippen molar-refractivity contribution in [1.29, 1.82) is 0 Å². The highest BCUT2D eigenvalue weighted by atomic mass is 32.3. The van der Waals surface area contributed by atoms with E-state index in [0.717, 1.165) is 34.6 Å². The van der Waals surface area contributed by atoms with Crippen molar-refractivity contribution in [2.24, 2.45) is 28.7 Å². The van der Waals surface area contributed by atoms with Crippen LogP contribution in [0.2, 0.25) is 0 Å². The van der Waals surface area contributed by atoms with Crippen LogP contribution >= 0.6 is 11.3 Å². The Kier molecular flexibility index (Phi) is 12.0. The Hall–Kier alpha value is -4.87. The molecule has 0 aliphatic carbocycles. The van der Waals surface area contributed by atoms with E-state index in [4.69, 9.17) is 31.3 Å². The average molecular weight is 739 g/mol. The summed E-state index contributed by atoms with van der Waals surface area (Å²) >= 11 is 0.954. The summed E-state index contributed by atoms with van der Waals surface area (Å²) in [5.74, 6) is -3.17. The summed E-state index contributed by atoms with van der Waals surface area (Å²) in [4.78, 5) is 51.6. The van der Waals surface area contributed by atoms with Crippen LogP contribution in [0.5, 0.6) is 5.75 Å². The van der Waals surface area contributed by atoms with Gasteiger partial charge in [-0.1, -0.05) is 5.16 Å². The number of carbonyl (C=O) groups excluding carboxylic acids is 2. The number of oxime groups is 1. The SMILES string of the molecule is Cn1c(-c2ccc(OCC(O/N=C(\C(=O)NC3C(=O)N(OS(=O)(=O)O)C3(C)C)c3csc(N)n3)C(=O)O)cc2)cn(CCCN)c1=NCCN. The van der Waals surface area contributed by atoms with Crippen LogP contribution in [0.3, 0.4) is 0 Å². The fourth-order valence-corrected chi connectivity index (χ4v) is 5.83. The van der Waals surface area contributed by atoms with Gasteiger partial charge < -0.3 is 46.3 Å². The number of rotatable bonds is 17. The van der Waals surface area contributed by atoms with Gasteiger partial charge in [0, 0.05) is 31.7 Å². The molecule has 0 radical (unpaired) electrons. The second kappa shape index (κ2) is 15.8. The van der Waals surface area contributed by atoms with Crippen molar-refractivity contribution in [3.8, 4) is 17.0 Å². The quantitative estimate of drug-likeness (QED) is 0.0412. The number of aromatic nitrogens is 3. The van der Waals surface area contributed by atoms with E-state index < -0.39 is 58.2 Å². The van der Waals surface area contributed by atoms with Gasteiger partial charge in [-0.25, -0.2) is 9.78 Å². The molecule has 1 saturated heterocycles. The van der Waals surface area contributed by atoms with Gasteiger partial charge in [-0.3, -0.25) is 19.1 Å². The van der Waals surface area contributed by atoms with Crippen molar-refractivity contribution in [2.45, 2.75) is 44.5 Å². The Balaban J connectivity index is 1.48. The summed E-state index contributed by atoms with van der Waals surface area (Å²) < 4.78 is 45.1. The number of carboxylic acids is 1. The number of hydroxylamine groups is 2. The topological polar surface area (TPSA) is 294 Å². The minimum atomic E-state index is -5.03. The van der Waals surface area contributed by atoms with Crippen LogP contribution in [0, 0.1) is 0 Å². The lowest BCUT2D eigenvalue weighted by molar-refractivity contribution is -0.218. The minimum absolute atomic E-state index is 0.0525. The highest BCUT2D eigenvalue weighted by molar-refractivity contribution is 7.80. The zero-order chi connectivity index (χ0) is 36.8. The minimum Gasteiger partial charge on any atom is -0.489 e. The lowest BCUT2D eigenvalue weighted by Crippen LogP contribution is -2.76. The van der Waals surface area contributed by atoms with Gasteiger partial charge in [0.1, 0.15) is 24.1 Å². The second-order valence-corrected chi connectivity index (χ2v) is 13.2. The van der Waals surface area contributed by atoms with Gasteiger partial charge >= 0.3 is 16.4 Å². The maximum atomic E-state index is 13.3. The smallest absolute Gasteiger partial charge is 0.418 e. The third-order valence-electron chi connectivity index (χ3n) is 7.38. The first-order chi connectivity index (χ1) is 23.6. The van der Waals surface area contributed by atoms with Crippen molar-refractivity contribution >= 4 is 50.4 Å². The number of thiazole rings is 1. The molecular formula is C28H38N10O10S2. The summed E-state index contributed by atoms with van der Waals surface area (Å²) in [5, 5.41) is 17.7. The first-order valence-corrected chi connectivity index (χ1v) is 17.2. The van der Waals surface area contributed by atoms with Gasteiger partial charge in [-0.2, -0.15) is 13.5 Å². The maximum Gasteiger partial charge on any atom is 0.418 e. The molecule has 0 bridgehead atoms. The fraction of sp³-hybridized carbons (Fsp3) is 0.429. The van der Waals surface area contributed by atoms with Crippen molar-refractivity contribution in [3.63, 3.8) is 0 Å². The Morgan fingerprint density at radius 3 is 2.46 bits per heavy atom. The van der Waals surface area contributed by atoms with E-state index in [-0.39, 0.29) is 10.8 Å². The molecule has 2 aromatic heterocycles. The number of β-lactam (4-membered cyclic amide) rings is 1. The molecule has 50 heavy (non-hydrogen) atoms. The van der Waals surface area contributed by atoms with Crippen molar-refractivity contribution in [1.82, 2.24) is 24.5 Å². The molecular weight excluding hydrogens is 701 g/mol. The number of nitrogen functional groups attached to an aromatic ring is 1. The molecule has 22 heteroatoms. The second-order valence-electron chi connectivity index (χ2n) is 11.4. The number of amides is 2. The van der Waals surface area contributed by atoms with E-state index in [1.54, 1.807) is 24.3 Å². The summed E-state index contributed by atoms with van der Waals surface area (Å²) in [6.07, 6.45) is 1.02. The molecule has 0 saturated carbocycles. The van der Waals surface area contributed by atoms with E-state index in [1.165, 1.54) is 19.2 Å². The number of carbonyl (C=O) groups is 3. The standard InChI is InChI=1S/C28H38N10O10S2/c1-28(2)22(24(40)38(28)48-50(43,44)45)34-23(39)21(18-15-49-26(31)33-18)35-47-20(25(41)42)14-46-17-7-5-16(6-8-17)19-13-37(12-4-9-29)27(36(19)3)32-11-10-30/h5-8,13,15,20,22H,4,9-12,14,29-30H2,1-3H3,(H2,31,33)(H,34,39)(H,41,42)(H,43,44,45)/b32-27?,35-21-. The van der Waals surface area contributed by atoms with Crippen molar-refractivity contribution in [3.05, 3.63) is 47.2 Å².